The Hall–Kier alpha value is -2.41. The number of allylic oxidation sites excluding steroid dienone is 1. The van der Waals surface area contributed by atoms with Gasteiger partial charge in [-0.3, -0.25) is 4.79 Å². The van der Waals surface area contributed by atoms with Gasteiger partial charge in [0, 0.05) is 0 Å². The Balaban J connectivity index is 2.87. The van der Waals surface area contributed by atoms with E-state index >= 15 is 0 Å². The molecule has 88 valence electrons. The molecule has 1 rings (SSSR count). The van der Waals surface area contributed by atoms with E-state index in [1.807, 2.05) is 0 Å². The number of carbonyl (C=O) groups is 1. The lowest BCUT2D eigenvalue weighted by Crippen LogP contribution is -1.90. The lowest BCUT2D eigenvalue weighted by Gasteiger charge is -1.96. The topological polar surface area (TPSA) is 77.8 Å². The molecule has 0 amide bonds. The van der Waals surface area contributed by atoms with Gasteiger partial charge in [-0.05, 0) is 30.7 Å². The summed E-state index contributed by atoms with van der Waals surface area (Å²) in [5, 5.41) is 27.1. The molecule has 0 saturated carbocycles. The van der Waals surface area contributed by atoms with Gasteiger partial charge in [-0.15, -0.1) is 0 Å². The zero-order valence-corrected chi connectivity index (χ0v) is 9.27. The van der Waals surface area contributed by atoms with E-state index in [1.165, 1.54) is 24.3 Å². The molecule has 0 aliphatic rings. The number of aromatic hydroxyl groups is 2. The third kappa shape index (κ3) is 4.31. The van der Waals surface area contributed by atoms with Gasteiger partial charge in [0.2, 0.25) is 0 Å². The maximum atomic E-state index is 10.3. The normalized spacial score (nSPS) is 10.5. The molecule has 0 saturated heterocycles. The number of rotatable bonds is 2. The van der Waals surface area contributed by atoms with E-state index in [0.717, 1.165) is 0 Å². The highest BCUT2D eigenvalue weighted by atomic mass is 16.4. The zero-order valence-electron chi connectivity index (χ0n) is 9.27. The SMILES string of the molecule is CC(C#Cc1cc(O)ccc1O)=CCC(=O)O. The van der Waals surface area contributed by atoms with Gasteiger partial charge in [-0.1, -0.05) is 17.9 Å². The molecule has 0 heterocycles. The van der Waals surface area contributed by atoms with E-state index in [0.29, 0.717) is 11.1 Å². The van der Waals surface area contributed by atoms with E-state index in [9.17, 15) is 15.0 Å². The van der Waals surface area contributed by atoms with E-state index in [2.05, 4.69) is 11.8 Å². The van der Waals surface area contributed by atoms with Crippen LogP contribution in [0, 0.1) is 11.8 Å². The average molecular weight is 232 g/mol. The van der Waals surface area contributed by atoms with Gasteiger partial charge in [0.05, 0.1) is 12.0 Å². The van der Waals surface area contributed by atoms with Crippen LogP contribution in [-0.2, 0) is 4.79 Å². The minimum atomic E-state index is -0.925. The van der Waals surface area contributed by atoms with E-state index in [4.69, 9.17) is 5.11 Å². The lowest BCUT2D eigenvalue weighted by atomic mass is 10.1. The summed E-state index contributed by atoms with van der Waals surface area (Å²) in [5.41, 5.74) is 0.892. The van der Waals surface area contributed by atoms with Crippen LogP contribution in [0.4, 0.5) is 0 Å². The molecule has 0 spiro atoms. The molecule has 4 nitrogen and oxygen atoms in total. The van der Waals surface area contributed by atoms with E-state index in [1.54, 1.807) is 6.92 Å². The van der Waals surface area contributed by atoms with Crippen molar-refractivity contribution in [2.45, 2.75) is 13.3 Å². The first-order valence-electron chi connectivity index (χ1n) is 4.91. The Bertz CT molecular complexity index is 518. The van der Waals surface area contributed by atoms with Crippen molar-refractivity contribution in [3.63, 3.8) is 0 Å². The Morgan fingerprint density at radius 2 is 2.12 bits per heavy atom. The second-order valence-electron chi connectivity index (χ2n) is 3.44. The maximum Gasteiger partial charge on any atom is 0.307 e. The molecule has 0 aromatic heterocycles. The molecule has 1 aromatic carbocycles. The minimum absolute atomic E-state index is 0.0132. The fourth-order valence-corrected chi connectivity index (χ4v) is 1.08. The van der Waals surface area contributed by atoms with Crippen LogP contribution in [0.5, 0.6) is 11.5 Å². The predicted molar refractivity (Wildman–Crippen MR) is 62.7 cm³/mol. The van der Waals surface area contributed by atoms with Crippen LogP contribution in [0.1, 0.15) is 18.9 Å². The number of phenolic OH excluding ortho intramolecular Hbond substituents is 2. The van der Waals surface area contributed by atoms with Crippen molar-refractivity contribution in [3.05, 3.63) is 35.4 Å². The molecular formula is C13H12O4. The van der Waals surface area contributed by atoms with Gasteiger partial charge in [0.15, 0.2) is 0 Å². The first-order chi connectivity index (χ1) is 7.99. The van der Waals surface area contributed by atoms with E-state index < -0.39 is 5.97 Å². The standard InChI is InChI=1S/C13H12O4/c1-9(3-7-13(16)17)2-4-10-8-11(14)5-6-12(10)15/h3,5-6,8,14-15H,7H2,1H3,(H,16,17). The van der Waals surface area contributed by atoms with Gasteiger partial charge in [0.1, 0.15) is 11.5 Å². The number of carboxylic acids is 1. The summed E-state index contributed by atoms with van der Waals surface area (Å²) in [5.74, 6) is 4.42. The van der Waals surface area contributed by atoms with Crippen molar-refractivity contribution in [1.82, 2.24) is 0 Å². The molecule has 0 radical (unpaired) electrons. The summed E-state index contributed by atoms with van der Waals surface area (Å²) in [6, 6.07) is 4.04. The van der Waals surface area contributed by atoms with Crippen molar-refractivity contribution in [1.29, 1.82) is 0 Å². The van der Waals surface area contributed by atoms with Crippen LogP contribution < -0.4 is 0 Å². The molecule has 0 atom stereocenters. The van der Waals surface area contributed by atoms with Crippen LogP contribution in [0.25, 0.3) is 0 Å². The van der Waals surface area contributed by atoms with Gasteiger partial charge >= 0.3 is 5.97 Å². The van der Waals surface area contributed by atoms with Gasteiger partial charge in [-0.25, -0.2) is 0 Å². The van der Waals surface area contributed by atoms with Crippen LogP contribution in [0.3, 0.4) is 0 Å². The Morgan fingerprint density at radius 3 is 2.76 bits per heavy atom. The summed E-state index contributed by atoms with van der Waals surface area (Å²) in [7, 11) is 0. The fourth-order valence-electron chi connectivity index (χ4n) is 1.08. The fraction of sp³-hybridized carbons (Fsp3) is 0.154. The van der Waals surface area contributed by atoms with Crippen LogP contribution in [-0.4, -0.2) is 21.3 Å². The molecule has 3 N–H and O–H groups in total. The molecule has 4 heteroatoms. The molecule has 0 aliphatic heterocycles. The molecule has 0 fully saturated rings. The number of phenols is 2. The number of hydrogen-bond donors (Lipinski definition) is 3. The monoisotopic (exact) mass is 232 g/mol. The molecule has 0 bridgehead atoms. The minimum Gasteiger partial charge on any atom is -0.508 e. The molecule has 1 aromatic rings. The van der Waals surface area contributed by atoms with Crippen LogP contribution in [0.15, 0.2) is 29.8 Å². The number of hydrogen-bond acceptors (Lipinski definition) is 3. The van der Waals surface area contributed by atoms with Gasteiger partial charge in [0.25, 0.3) is 0 Å². The molecule has 0 aliphatic carbocycles. The van der Waals surface area contributed by atoms with Gasteiger partial charge in [-0.2, -0.15) is 0 Å². The summed E-state index contributed by atoms with van der Waals surface area (Å²) in [6.07, 6.45) is 1.39. The zero-order chi connectivity index (χ0) is 12.8. The third-order valence-electron chi connectivity index (χ3n) is 1.96. The van der Waals surface area contributed by atoms with Crippen molar-refractivity contribution >= 4 is 5.97 Å². The van der Waals surface area contributed by atoms with Crippen molar-refractivity contribution in [2.75, 3.05) is 0 Å². The quantitative estimate of drug-likeness (QED) is 0.537. The predicted octanol–water partition coefficient (Wildman–Crippen LogP) is 1.87. The van der Waals surface area contributed by atoms with E-state index in [-0.39, 0.29) is 17.9 Å². The second-order valence-corrected chi connectivity index (χ2v) is 3.44. The number of carboxylic acid groups (broad SMARTS) is 1. The first-order valence-corrected chi connectivity index (χ1v) is 4.91. The summed E-state index contributed by atoms with van der Waals surface area (Å²) < 4.78 is 0. The first kappa shape index (κ1) is 12.7. The molecular weight excluding hydrogens is 220 g/mol. The van der Waals surface area contributed by atoms with Crippen LogP contribution in [0.2, 0.25) is 0 Å². The summed E-state index contributed by atoms with van der Waals surface area (Å²) in [4.78, 5) is 10.3. The largest absolute Gasteiger partial charge is 0.508 e. The summed E-state index contributed by atoms with van der Waals surface area (Å²) in [6.45, 7) is 1.68. The van der Waals surface area contributed by atoms with Crippen molar-refractivity contribution in [2.24, 2.45) is 0 Å². The summed E-state index contributed by atoms with van der Waals surface area (Å²) >= 11 is 0. The highest BCUT2D eigenvalue weighted by Crippen LogP contribution is 2.20. The Labute approximate surface area is 98.8 Å². The van der Waals surface area contributed by atoms with Gasteiger partial charge < -0.3 is 15.3 Å². The smallest absolute Gasteiger partial charge is 0.307 e. The second kappa shape index (κ2) is 5.61. The highest BCUT2D eigenvalue weighted by Gasteiger charge is 1.98. The number of aliphatic carboxylic acids is 1. The van der Waals surface area contributed by atoms with Crippen molar-refractivity contribution < 1.29 is 20.1 Å². The molecule has 17 heavy (non-hydrogen) atoms. The number of benzene rings is 1. The highest BCUT2D eigenvalue weighted by molar-refractivity contribution is 5.69. The lowest BCUT2D eigenvalue weighted by molar-refractivity contribution is -0.136. The Kier molecular flexibility index (Phi) is 4.18. The Morgan fingerprint density at radius 1 is 1.41 bits per heavy atom. The average Bonchev–Trinajstić information content (AvgIpc) is 2.27. The molecule has 0 unspecified atom stereocenters. The maximum absolute atomic E-state index is 10.3. The third-order valence-corrected chi connectivity index (χ3v) is 1.96. The van der Waals surface area contributed by atoms with Crippen LogP contribution >= 0.6 is 0 Å². The van der Waals surface area contributed by atoms with Crippen molar-refractivity contribution in [3.8, 4) is 23.3 Å².